The fraction of sp³-hybridized carbons (Fsp3) is 0.318. The van der Waals surface area contributed by atoms with Crippen LogP contribution in [0, 0.1) is 12.8 Å². The molecule has 0 unspecified atom stereocenters. The van der Waals surface area contributed by atoms with E-state index in [9.17, 15) is 0 Å². The lowest BCUT2D eigenvalue weighted by Crippen LogP contribution is -2.06. The van der Waals surface area contributed by atoms with Crippen LogP contribution in [0.2, 0.25) is 0 Å². The predicted molar refractivity (Wildman–Crippen MR) is 115 cm³/mol. The maximum Gasteiger partial charge on any atom is 0.224 e. The van der Waals surface area contributed by atoms with Crippen molar-refractivity contribution in [3.05, 3.63) is 54.4 Å². The number of nitrogens with zero attached hydrogens (tertiary/aromatic N) is 8. The van der Waals surface area contributed by atoms with Crippen molar-refractivity contribution in [2.75, 3.05) is 13.7 Å². The fourth-order valence-corrected chi connectivity index (χ4v) is 3.60. The molecule has 0 radical (unpaired) electrons. The van der Waals surface area contributed by atoms with Crippen molar-refractivity contribution in [2.45, 2.75) is 19.3 Å². The number of hydrogen-bond acceptors (Lipinski definition) is 9. The lowest BCUT2D eigenvalue weighted by molar-refractivity contribution is 0.285. The van der Waals surface area contributed by atoms with E-state index in [-0.39, 0.29) is 0 Å². The van der Waals surface area contributed by atoms with Crippen molar-refractivity contribution < 1.29 is 9.47 Å². The summed E-state index contributed by atoms with van der Waals surface area (Å²) in [7, 11) is 3.42. The number of hydrogen-bond donors (Lipinski definition) is 0. The maximum atomic E-state index is 6.15. The summed E-state index contributed by atoms with van der Waals surface area (Å²) in [5, 5.41) is 11.5. The van der Waals surface area contributed by atoms with Crippen LogP contribution in [0.3, 0.4) is 0 Å². The van der Waals surface area contributed by atoms with Crippen LogP contribution in [0.1, 0.15) is 23.9 Å². The zero-order valence-electron chi connectivity index (χ0n) is 18.0. The molecule has 0 amide bonds. The van der Waals surface area contributed by atoms with Crippen LogP contribution < -0.4 is 9.47 Å². The van der Waals surface area contributed by atoms with Crippen LogP contribution in [0.25, 0.3) is 22.6 Å². The fourth-order valence-electron chi connectivity index (χ4n) is 3.60. The molecule has 10 nitrogen and oxygen atoms in total. The van der Waals surface area contributed by atoms with Gasteiger partial charge in [0.15, 0.2) is 5.82 Å². The molecule has 10 heteroatoms. The van der Waals surface area contributed by atoms with Crippen molar-refractivity contribution in [1.82, 2.24) is 40.1 Å². The third kappa shape index (κ3) is 3.98. The van der Waals surface area contributed by atoms with Crippen molar-refractivity contribution >= 4 is 0 Å². The molecule has 1 aliphatic rings. The summed E-state index contributed by atoms with van der Waals surface area (Å²) in [5.74, 6) is 3.37. The first-order valence-corrected chi connectivity index (χ1v) is 10.3. The van der Waals surface area contributed by atoms with E-state index in [1.807, 2.05) is 31.2 Å². The highest BCUT2D eigenvalue weighted by atomic mass is 16.5. The standard InChI is InChI=1S/C22H22N8O2/c1-13-23-11-18(14-4-6-20(24-9-14)21-27-28-29-30(21)2)22(26-13)32-12-15-8-17(15)19-7-5-16(31-3)10-25-19/h4-7,9-11,15,17H,8,12H2,1-3H3/t15-,17+/m0/s1. The molecule has 5 rings (SSSR count). The van der Waals surface area contributed by atoms with E-state index in [1.165, 1.54) is 0 Å². The molecule has 0 saturated heterocycles. The van der Waals surface area contributed by atoms with E-state index in [0.717, 1.165) is 29.0 Å². The summed E-state index contributed by atoms with van der Waals surface area (Å²) in [6.45, 7) is 2.41. The average molecular weight is 430 g/mol. The van der Waals surface area contributed by atoms with Crippen molar-refractivity contribution in [1.29, 1.82) is 0 Å². The highest BCUT2D eigenvalue weighted by Crippen LogP contribution is 2.47. The number of ether oxygens (including phenoxy) is 2. The molecule has 0 aliphatic heterocycles. The Kier molecular flexibility index (Phi) is 5.18. The Morgan fingerprint density at radius 3 is 2.66 bits per heavy atom. The quantitative estimate of drug-likeness (QED) is 0.436. The first-order valence-electron chi connectivity index (χ1n) is 10.3. The summed E-state index contributed by atoms with van der Waals surface area (Å²) in [6, 6.07) is 7.78. The average Bonchev–Trinajstić information content (AvgIpc) is 3.48. The predicted octanol–water partition coefficient (Wildman–Crippen LogP) is 2.62. The van der Waals surface area contributed by atoms with Gasteiger partial charge in [-0.3, -0.25) is 9.97 Å². The van der Waals surface area contributed by atoms with Crippen LogP contribution in [0.5, 0.6) is 11.6 Å². The molecule has 4 heterocycles. The third-order valence-electron chi connectivity index (χ3n) is 5.53. The van der Waals surface area contributed by atoms with Gasteiger partial charge in [0.05, 0.1) is 25.5 Å². The van der Waals surface area contributed by atoms with E-state index < -0.39 is 0 Å². The minimum absolute atomic E-state index is 0.397. The van der Waals surface area contributed by atoms with E-state index in [4.69, 9.17) is 9.47 Å². The molecular weight excluding hydrogens is 408 g/mol. The maximum absolute atomic E-state index is 6.15. The van der Waals surface area contributed by atoms with Gasteiger partial charge in [-0.25, -0.2) is 9.67 Å². The van der Waals surface area contributed by atoms with E-state index >= 15 is 0 Å². The Morgan fingerprint density at radius 2 is 1.97 bits per heavy atom. The minimum Gasteiger partial charge on any atom is -0.495 e. The largest absolute Gasteiger partial charge is 0.495 e. The molecule has 0 N–H and O–H groups in total. The second-order valence-electron chi connectivity index (χ2n) is 7.73. The van der Waals surface area contributed by atoms with Crippen molar-refractivity contribution in [2.24, 2.45) is 13.0 Å². The van der Waals surface area contributed by atoms with Crippen LogP contribution in [-0.4, -0.2) is 53.9 Å². The molecule has 0 spiro atoms. The molecule has 1 fully saturated rings. The van der Waals surface area contributed by atoms with Gasteiger partial charge in [0.25, 0.3) is 0 Å². The van der Waals surface area contributed by atoms with Crippen molar-refractivity contribution in [3.8, 4) is 34.3 Å². The first-order chi connectivity index (χ1) is 15.6. The number of pyridine rings is 2. The number of aryl methyl sites for hydroxylation is 2. The Hall–Kier alpha value is -3.95. The Balaban J connectivity index is 1.30. The number of rotatable bonds is 7. The van der Waals surface area contributed by atoms with Gasteiger partial charge in [0.2, 0.25) is 5.88 Å². The molecule has 4 aromatic rings. The molecule has 1 aliphatic carbocycles. The van der Waals surface area contributed by atoms with Crippen LogP contribution >= 0.6 is 0 Å². The van der Waals surface area contributed by atoms with E-state index in [1.54, 1.807) is 37.4 Å². The van der Waals surface area contributed by atoms with Gasteiger partial charge in [-0.1, -0.05) is 6.07 Å². The topological polar surface area (TPSA) is 114 Å². The minimum atomic E-state index is 0.397. The second kappa shape index (κ2) is 8.29. The molecule has 1 saturated carbocycles. The van der Waals surface area contributed by atoms with Crippen LogP contribution in [0.15, 0.2) is 42.9 Å². The molecule has 0 bridgehead atoms. The Labute approximate surface area is 184 Å². The molecule has 0 aromatic carbocycles. The summed E-state index contributed by atoms with van der Waals surface area (Å²) < 4.78 is 12.9. The van der Waals surface area contributed by atoms with Gasteiger partial charge in [0.1, 0.15) is 17.3 Å². The molecule has 32 heavy (non-hydrogen) atoms. The monoisotopic (exact) mass is 430 g/mol. The lowest BCUT2D eigenvalue weighted by atomic mass is 10.1. The third-order valence-corrected chi connectivity index (χ3v) is 5.53. The van der Waals surface area contributed by atoms with Crippen LogP contribution in [-0.2, 0) is 7.05 Å². The van der Waals surface area contributed by atoms with Crippen molar-refractivity contribution in [3.63, 3.8) is 0 Å². The zero-order valence-corrected chi connectivity index (χ0v) is 18.0. The number of methoxy groups -OCH3 is 1. The molecule has 162 valence electrons. The van der Waals surface area contributed by atoms with Gasteiger partial charge >= 0.3 is 0 Å². The highest BCUT2D eigenvalue weighted by Gasteiger charge is 2.40. The number of tetrazole rings is 1. The molecular formula is C22H22N8O2. The smallest absolute Gasteiger partial charge is 0.224 e. The second-order valence-corrected chi connectivity index (χ2v) is 7.73. The summed E-state index contributed by atoms with van der Waals surface area (Å²) in [5.41, 5.74) is 3.41. The van der Waals surface area contributed by atoms with E-state index in [2.05, 4.69) is 35.5 Å². The van der Waals surface area contributed by atoms with Gasteiger partial charge in [-0.15, -0.1) is 5.10 Å². The number of aromatic nitrogens is 8. The summed E-state index contributed by atoms with van der Waals surface area (Å²) in [4.78, 5) is 17.9. The highest BCUT2D eigenvalue weighted by molar-refractivity contribution is 5.68. The summed E-state index contributed by atoms with van der Waals surface area (Å²) in [6.07, 6.45) is 6.33. The SMILES string of the molecule is COc1ccc([C@@H]2C[C@H]2COc2nc(C)ncc2-c2ccc(-c3nnnn3C)nc2)nc1. The van der Waals surface area contributed by atoms with Gasteiger partial charge in [-0.05, 0) is 42.0 Å². The van der Waals surface area contributed by atoms with E-state index in [0.29, 0.717) is 41.7 Å². The lowest BCUT2D eigenvalue weighted by Gasteiger charge is -2.11. The normalized spacial score (nSPS) is 17.2. The summed E-state index contributed by atoms with van der Waals surface area (Å²) >= 11 is 0. The van der Waals surface area contributed by atoms with Gasteiger partial charge in [0, 0.05) is 42.5 Å². The van der Waals surface area contributed by atoms with Crippen LogP contribution in [0.4, 0.5) is 0 Å². The first kappa shape index (κ1) is 20.0. The Morgan fingerprint density at radius 1 is 1.06 bits per heavy atom. The molecule has 2 atom stereocenters. The van der Waals surface area contributed by atoms with Gasteiger partial charge < -0.3 is 9.47 Å². The molecule has 4 aromatic heterocycles. The van der Waals surface area contributed by atoms with Gasteiger partial charge in [-0.2, -0.15) is 4.98 Å². The zero-order chi connectivity index (χ0) is 22.1. The Bertz CT molecular complexity index is 1220.